The molecule has 2 aromatic carbocycles. The van der Waals surface area contributed by atoms with Crippen LogP contribution in [0.25, 0.3) is 0 Å². The highest BCUT2D eigenvalue weighted by atomic mass is 35.5. The van der Waals surface area contributed by atoms with Crippen molar-refractivity contribution in [3.05, 3.63) is 64.5 Å². The summed E-state index contributed by atoms with van der Waals surface area (Å²) in [5.41, 5.74) is 2.05. The summed E-state index contributed by atoms with van der Waals surface area (Å²) >= 11 is 0. The highest BCUT2D eigenvalue weighted by molar-refractivity contribution is 6.09. The topological polar surface area (TPSA) is 49.3 Å². The smallest absolute Gasteiger partial charge is 0.193 e. The second kappa shape index (κ2) is 11.1. The molecule has 0 saturated heterocycles. The van der Waals surface area contributed by atoms with Gasteiger partial charge in [-0.1, -0.05) is 34.6 Å². The van der Waals surface area contributed by atoms with Gasteiger partial charge in [0.25, 0.3) is 0 Å². The van der Waals surface area contributed by atoms with Crippen LogP contribution in [0.15, 0.2) is 36.4 Å². The van der Waals surface area contributed by atoms with E-state index in [1.807, 2.05) is 20.8 Å². The molecule has 5 heteroatoms. The molecule has 0 aromatic heterocycles. The Kier molecular flexibility index (Phi) is 10.3. The number of carbonyl (C=O) groups is 1. The maximum absolute atomic E-state index is 12.9. The van der Waals surface area contributed by atoms with Crippen LogP contribution in [0.3, 0.4) is 0 Å². The van der Waals surface area contributed by atoms with Crippen LogP contribution in [0.2, 0.25) is 0 Å². The maximum Gasteiger partial charge on any atom is 0.193 e. The third-order valence-corrected chi connectivity index (χ3v) is 3.98. The Morgan fingerprint density at radius 2 is 1.56 bits per heavy atom. The fourth-order valence-electron chi connectivity index (χ4n) is 2.50. The number of phenolic OH excluding ortho intramolecular Hbond substituents is 1. The summed E-state index contributed by atoms with van der Waals surface area (Å²) in [4.78, 5) is 12.5. The van der Waals surface area contributed by atoms with Crippen LogP contribution < -0.4 is 5.32 Å². The van der Waals surface area contributed by atoms with Crippen molar-refractivity contribution in [2.24, 2.45) is 0 Å². The Balaban J connectivity index is 0.00000100. The van der Waals surface area contributed by atoms with Crippen LogP contribution in [0.5, 0.6) is 5.75 Å². The number of halogens is 2. The van der Waals surface area contributed by atoms with Gasteiger partial charge in [-0.2, -0.15) is 0 Å². The zero-order valence-corrected chi connectivity index (χ0v) is 17.8. The van der Waals surface area contributed by atoms with Gasteiger partial charge in [-0.3, -0.25) is 4.79 Å². The molecule has 0 aliphatic carbocycles. The highest BCUT2D eigenvalue weighted by Crippen LogP contribution is 2.34. The molecule has 0 amide bonds. The molecule has 2 rings (SSSR count). The van der Waals surface area contributed by atoms with Crippen molar-refractivity contribution >= 4 is 18.2 Å². The summed E-state index contributed by atoms with van der Waals surface area (Å²) < 4.78 is 12.9. The Labute approximate surface area is 168 Å². The minimum Gasteiger partial charge on any atom is -0.507 e. The molecule has 0 unspecified atom stereocenters. The van der Waals surface area contributed by atoms with Crippen LogP contribution in [-0.4, -0.2) is 24.0 Å². The monoisotopic (exact) mass is 395 g/mol. The number of hydrogen-bond acceptors (Lipinski definition) is 3. The number of ketones is 1. The molecule has 0 bridgehead atoms. The lowest BCUT2D eigenvalue weighted by Crippen LogP contribution is -2.14. The van der Waals surface area contributed by atoms with E-state index in [1.54, 1.807) is 19.1 Å². The molecule has 0 spiro atoms. The van der Waals surface area contributed by atoms with Gasteiger partial charge in [0.15, 0.2) is 5.78 Å². The third-order valence-electron chi connectivity index (χ3n) is 3.98. The van der Waals surface area contributed by atoms with E-state index in [-0.39, 0.29) is 35.2 Å². The minimum atomic E-state index is -0.371. The maximum atomic E-state index is 12.9. The average molecular weight is 396 g/mol. The number of aromatic hydroxyl groups is 1. The fourth-order valence-corrected chi connectivity index (χ4v) is 2.50. The molecule has 0 atom stereocenters. The lowest BCUT2D eigenvalue weighted by atomic mass is 9.83. The lowest BCUT2D eigenvalue weighted by molar-refractivity contribution is 0.103. The summed E-state index contributed by atoms with van der Waals surface area (Å²) in [6, 6.07) is 8.86. The molecular formula is C22H31ClFNO2. The van der Waals surface area contributed by atoms with Gasteiger partial charge in [-0.25, -0.2) is 4.39 Å². The van der Waals surface area contributed by atoms with Crippen LogP contribution >= 0.6 is 12.4 Å². The summed E-state index contributed by atoms with van der Waals surface area (Å²) in [6.45, 7) is 14.1. The molecular weight excluding hydrogens is 365 g/mol. The van der Waals surface area contributed by atoms with Crippen molar-refractivity contribution in [3.63, 3.8) is 0 Å². The Morgan fingerprint density at radius 1 is 1.04 bits per heavy atom. The number of carbonyl (C=O) groups excluding carboxylic acids is 1. The van der Waals surface area contributed by atoms with E-state index in [4.69, 9.17) is 0 Å². The van der Waals surface area contributed by atoms with Crippen molar-refractivity contribution in [1.29, 1.82) is 0 Å². The summed E-state index contributed by atoms with van der Waals surface area (Å²) in [5.74, 6) is -0.328. The van der Waals surface area contributed by atoms with Crippen molar-refractivity contribution in [2.45, 2.75) is 47.0 Å². The van der Waals surface area contributed by atoms with Gasteiger partial charge in [0.1, 0.15) is 11.6 Å². The first kappa shape index (κ1) is 25.1. The lowest BCUT2D eigenvalue weighted by Gasteiger charge is -2.22. The second-order valence-electron chi connectivity index (χ2n) is 7.23. The molecule has 0 saturated carbocycles. The van der Waals surface area contributed by atoms with Crippen molar-refractivity contribution in [2.75, 3.05) is 13.1 Å². The number of benzene rings is 2. The normalized spacial score (nSPS) is 10.5. The zero-order valence-electron chi connectivity index (χ0n) is 17.0. The molecule has 2 N–H and O–H groups in total. The van der Waals surface area contributed by atoms with Crippen molar-refractivity contribution < 1.29 is 14.3 Å². The SMILES string of the molecule is CCNCC.Cc1cc(C(=O)c2ccc(F)cc2)cc(C(C)(C)C)c1O.Cl. The molecule has 2 aromatic rings. The summed E-state index contributed by atoms with van der Waals surface area (Å²) in [5, 5.41) is 13.3. The van der Waals surface area contributed by atoms with E-state index in [1.165, 1.54) is 24.3 Å². The van der Waals surface area contributed by atoms with E-state index in [0.29, 0.717) is 16.7 Å². The summed E-state index contributed by atoms with van der Waals surface area (Å²) in [7, 11) is 0. The number of phenols is 1. The van der Waals surface area contributed by atoms with Crippen LogP contribution in [-0.2, 0) is 5.41 Å². The van der Waals surface area contributed by atoms with E-state index in [0.717, 1.165) is 18.7 Å². The molecule has 0 heterocycles. The number of hydrogen-bond donors (Lipinski definition) is 2. The highest BCUT2D eigenvalue weighted by Gasteiger charge is 2.22. The Hall–Kier alpha value is -1.91. The molecule has 150 valence electrons. The van der Waals surface area contributed by atoms with Gasteiger partial charge in [0.2, 0.25) is 0 Å². The van der Waals surface area contributed by atoms with Crippen molar-refractivity contribution in [1.82, 2.24) is 5.32 Å². The predicted molar refractivity (Wildman–Crippen MR) is 113 cm³/mol. The van der Waals surface area contributed by atoms with Gasteiger partial charge in [-0.15, -0.1) is 12.4 Å². The van der Waals surface area contributed by atoms with Crippen LogP contribution in [0.4, 0.5) is 4.39 Å². The minimum absolute atomic E-state index is 0. The van der Waals surface area contributed by atoms with Gasteiger partial charge in [0, 0.05) is 16.7 Å². The van der Waals surface area contributed by atoms with E-state index < -0.39 is 0 Å². The molecule has 0 aliphatic rings. The molecule has 0 fully saturated rings. The summed E-state index contributed by atoms with van der Waals surface area (Å²) in [6.07, 6.45) is 0. The molecule has 27 heavy (non-hydrogen) atoms. The quantitative estimate of drug-likeness (QED) is 0.681. The first-order valence-electron chi connectivity index (χ1n) is 8.96. The molecule has 0 radical (unpaired) electrons. The predicted octanol–water partition coefficient (Wildman–Crippen LogP) is 5.41. The molecule has 3 nitrogen and oxygen atoms in total. The van der Waals surface area contributed by atoms with Crippen LogP contribution in [0, 0.1) is 12.7 Å². The van der Waals surface area contributed by atoms with Crippen molar-refractivity contribution in [3.8, 4) is 5.75 Å². The fraction of sp³-hybridized carbons (Fsp3) is 0.409. The Bertz CT molecular complexity index is 735. The number of aryl methyl sites for hydroxylation is 1. The third kappa shape index (κ3) is 7.31. The zero-order chi connectivity index (χ0) is 19.9. The standard InChI is InChI=1S/C18H19FO2.C4H11N.ClH/c1-11-9-13(10-15(16(11)20)18(2,3)4)17(21)12-5-7-14(19)8-6-12;1-3-5-4-2;/h5-10,20H,1-4H3;5H,3-4H2,1-2H3;1H. The van der Waals surface area contributed by atoms with E-state index >= 15 is 0 Å². The number of rotatable bonds is 4. The van der Waals surface area contributed by atoms with Gasteiger partial charge >= 0.3 is 0 Å². The molecule has 0 aliphatic heterocycles. The van der Waals surface area contributed by atoms with Gasteiger partial charge < -0.3 is 10.4 Å². The van der Waals surface area contributed by atoms with E-state index in [2.05, 4.69) is 19.2 Å². The van der Waals surface area contributed by atoms with Crippen LogP contribution in [0.1, 0.15) is 61.7 Å². The second-order valence-corrected chi connectivity index (χ2v) is 7.23. The first-order valence-corrected chi connectivity index (χ1v) is 8.96. The Morgan fingerprint density at radius 3 is 1.96 bits per heavy atom. The largest absolute Gasteiger partial charge is 0.507 e. The number of nitrogens with one attached hydrogen (secondary N) is 1. The van der Waals surface area contributed by atoms with E-state index in [9.17, 15) is 14.3 Å². The first-order chi connectivity index (χ1) is 12.1. The van der Waals surface area contributed by atoms with Gasteiger partial charge in [0.05, 0.1) is 0 Å². The average Bonchev–Trinajstić information content (AvgIpc) is 2.57. The van der Waals surface area contributed by atoms with Gasteiger partial charge in [-0.05, 0) is 67.4 Å².